The number of hydrogen-bond acceptors (Lipinski definition) is 7. The number of carboxylic acids is 1. The Kier molecular flexibility index (Phi) is 8.03. The summed E-state index contributed by atoms with van der Waals surface area (Å²) in [5, 5.41) is 21.0. The van der Waals surface area contributed by atoms with E-state index >= 15 is 0 Å². The number of hydrogen-bond donors (Lipinski definition) is 1. The number of carboxylic acid groups (broad SMARTS) is 1. The van der Waals surface area contributed by atoms with E-state index in [1.165, 1.54) is 0 Å². The SMILES string of the molecule is CCn1c(S/C(=C\c2ccc(OC(C)C)c3ccccc23)C(=O)O)nnc1-c1cc(OC)cc(OC)c1. The minimum Gasteiger partial charge on any atom is -0.497 e. The van der Waals surface area contributed by atoms with E-state index < -0.39 is 5.97 Å². The molecule has 0 atom stereocenters. The molecule has 0 aliphatic rings. The number of fused-ring (bicyclic) bond motifs is 1. The maximum absolute atomic E-state index is 12.3. The lowest BCUT2D eigenvalue weighted by molar-refractivity contribution is -0.131. The van der Waals surface area contributed by atoms with Gasteiger partial charge in [0.05, 0.1) is 20.3 Å². The molecule has 8 nitrogen and oxygen atoms in total. The summed E-state index contributed by atoms with van der Waals surface area (Å²) in [4.78, 5) is 12.4. The first-order valence-electron chi connectivity index (χ1n) is 11.8. The Labute approximate surface area is 219 Å². The number of aliphatic carboxylic acids is 1. The number of nitrogens with zero attached hydrogens (tertiary/aromatic N) is 3. The molecule has 1 heterocycles. The summed E-state index contributed by atoms with van der Waals surface area (Å²) in [6.07, 6.45) is 1.69. The Morgan fingerprint density at radius 2 is 1.70 bits per heavy atom. The third kappa shape index (κ3) is 5.72. The fourth-order valence-corrected chi connectivity index (χ4v) is 4.83. The summed E-state index contributed by atoms with van der Waals surface area (Å²) in [6, 6.07) is 17.0. The number of thioether (sulfide) groups is 1. The van der Waals surface area contributed by atoms with Gasteiger partial charge in [0, 0.05) is 23.6 Å². The Morgan fingerprint density at radius 1 is 1.03 bits per heavy atom. The fraction of sp³-hybridized carbons (Fsp3) is 0.250. The topological polar surface area (TPSA) is 95.7 Å². The molecule has 4 aromatic rings. The molecule has 0 aliphatic heterocycles. The first-order valence-corrected chi connectivity index (χ1v) is 12.6. The highest BCUT2D eigenvalue weighted by molar-refractivity contribution is 8.04. The van der Waals surface area contributed by atoms with Gasteiger partial charge in [-0.1, -0.05) is 30.3 Å². The molecule has 192 valence electrons. The maximum Gasteiger partial charge on any atom is 0.342 e. The van der Waals surface area contributed by atoms with Crippen LogP contribution in [-0.4, -0.2) is 46.2 Å². The summed E-state index contributed by atoms with van der Waals surface area (Å²) < 4.78 is 18.6. The lowest BCUT2D eigenvalue weighted by Gasteiger charge is -2.14. The minimum absolute atomic E-state index is 0.0223. The predicted molar refractivity (Wildman–Crippen MR) is 145 cm³/mol. The molecule has 4 rings (SSSR count). The van der Waals surface area contributed by atoms with Crippen LogP contribution in [0.1, 0.15) is 26.3 Å². The normalized spacial score (nSPS) is 11.7. The van der Waals surface area contributed by atoms with Crippen LogP contribution in [0.4, 0.5) is 0 Å². The van der Waals surface area contributed by atoms with Crippen LogP contribution in [0.5, 0.6) is 17.2 Å². The highest BCUT2D eigenvalue weighted by Crippen LogP contribution is 2.35. The Bertz CT molecular complexity index is 1440. The van der Waals surface area contributed by atoms with Crippen molar-refractivity contribution in [2.75, 3.05) is 14.2 Å². The second kappa shape index (κ2) is 11.4. The summed E-state index contributed by atoms with van der Waals surface area (Å²) >= 11 is 1.06. The van der Waals surface area contributed by atoms with Crippen molar-refractivity contribution in [3.63, 3.8) is 0 Å². The number of methoxy groups -OCH3 is 2. The molecular weight excluding hydrogens is 490 g/mol. The number of rotatable bonds is 10. The van der Waals surface area contributed by atoms with Crippen LogP contribution in [0.2, 0.25) is 0 Å². The lowest BCUT2D eigenvalue weighted by Crippen LogP contribution is -2.06. The van der Waals surface area contributed by atoms with Gasteiger partial charge < -0.3 is 23.9 Å². The van der Waals surface area contributed by atoms with Gasteiger partial charge in [-0.05, 0) is 67.8 Å². The van der Waals surface area contributed by atoms with Crippen LogP contribution in [0.3, 0.4) is 0 Å². The monoisotopic (exact) mass is 519 g/mol. The van der Waals surface area contributed by atoms with E-state index in [0.717, 1.165) is 39.4 Å². The van der Waals surface area contributed by atoms with Crippen molar-refractivity contribution in [2.24, 2.45) is 0 Å². The van der Waals surface area contributed by atoms with E-state index in [0.29, 0.717) is 29.0 Å². The average Bonchev–Trinajstić information content (AvgIpc) is 3.31. The van der Waals surface area contributed by atoms with Crippen LogP contribution in [0.25, 0.3) is 28.2 Å². The summed E-state index contributed by atoms with van der Waals surface area (Å²) in [7, 11) is 3.17. The van der Waals surface area contributed by atoms with Crippen LogP contribution in [-0.2, 0) is 11.3 Å². The molecule has 0 saturated carbocycles. The first-order chi connectivity index (χ1) is 17.8. The van der Waals surface area contributed by atoms with Crippen molar-refractivity contribution in [1.29, 1.82) is 0 Å². The Morgan fingerprint density at radius 3 is 2.30 bits per heavy atom. The summed E-state index contributed by atoms with van der Waals surface area (Å²) in [6.45, 7) is 6.45. The van der Waals surface area contributed by atoms with Gasteiger partial charge in [-0.15, -0.1) is 10.2 Å². The first kappa shape index (κ1) is 26.1. The van der Waals surface area contributed by atoms with E-state index in [9.17, 15) is 9.90 Å². The highest BCUT2D eigenvalue weighted by atomic mass is 32.2. The zero-order valence-corrected chi connectivity index (χ0v) is 22.2. The molecule has 0 saturated heterocycles. The van der Waals surface area contributed by atoms with Gasteiger partial charge in [-0.2, -0.15) is 0 Å². The fourth-order valence-electron chi connectivity index (χ4n) is 3.95. The van der Waals surface area contributed by atoms with Gasteiger partial charge in [-0.25, -0.2) is 4.79 Å². The number of carbonyl (C=O) groups is 1. The molecule has 0 radical (unpaired) electrons. The summed E-state index contributed by atoms with van der Waals surface area (Å²) in [5.41, 5.74) is 1.53. The van der Waals surface area contributed by atoms with E-state index in [1.54, 1.807) is 26.4 Å². The largest absolute Gasteiger partial charge is 0.497 e. The van der Waals surface area contributed by atoms with Gasteiger partial charge in [0.25, 0.3) is 0 Å². The van der Waals surface area contributed by atoms with Gasteiger partial charge in [-0.3, -0.25) is 0 Å². The third-order valence-corrected chi connectivity index (χ3v) is 6.62. The van der Waals surface area contributed by atoms with Crippen molar-refractivity contribution in [2.45, 2.75) is 38.6 Å². The van der Waals surface area contributed by atoms with Gasteiger partial charge >= 0.3 is 5.97 Å². The average molecular weight is 520 g/mol. The van der Waals surface area contributed by atoms with E-state index in [2.05, 4.69) is 10.2 Å². The molecule has 0 bridgehead atoms. The number of benzene rings is 3. The second-order valence-corrected chi connectivity index (χ2v) is 9.44. The maximum atomic E-state index is 12.3. The van der Waals surface area contributed by atoms with Crippen molar-refractivity contribution in [3.05, 3.63) is 65.1 Å². The standard InChI is InChI=1S/C28H29N3O5S/c1-6-31-26(19-13-20(34-4)16-21(14-19)35-5)29-30-28(31)37-25(27(32)33)15-18-11-12-24(36-17(2)3)23-10-8-7-9-22(18)23/h7-17H,6H2,1-5H3,(H,32,33)/b25-15-. The lowest BCUT2D eigenvalue weighted by atomic mass is 10.0. The molecule has 1 N–H and O–H groups in total. The van der Waals surface area contributed by atoms with Crippen molar-refractivity contribution >= 4 is 34.6 Å². The predicted octanol–water partition coefficient (Wildman–Crippen LogP) is 6.14. The zero-order valence-electron chi connectivity index (χ0n) is 21.4. The molecule has 1 aromatic heterocycles. The van der Waals surface area contributed by atoms with Crippen LogP contribution in [0.15, 0.2) is 64.7 Å². The van der Waals surface area contributed by atoms with Crippen LogP contribution in [0, 0.1) is 0 Å². The molecule has 0 spiro atoms. The van der Waals surface area contributed by atoms with E-state index in [4.69, 9.17) is 14.2 Å². The second-order valence-electron chi connectivity index (χ2n) is 8.43. The van der Waals surface area contributed by atoms with Crippen LogP contribution >= 0.6 is 11.8 Å². The van der Waals surface area contributed by atoms with Gasteiger partial charge in [0.15, 0.2) is 11.0 Å². The quantitative estimate of drug-likeness (QED) is 0.197. The number of ether oxygens (including phenoxy) is 3. The molecule has 3 aromatic carbocycles. The van der Waals surface area contributed by atoms with E-state index in [1.807, 2.05) is 73.9 Å². The molecule has 0 amide bonds. The minimum atomic E-state index is -1.05. The smallest absolute Gasteiger partial charge is 0.342 e. The Hall–Kier alpha value is -3.98. The molecule has 9 heteroatoms. The van der Waals surface area contributed by atoms with Gasteiger partial charge in [0.2, 0.25) is 0 Å². The Balaban J connectivity index is 1.75. The molecule has 0 fully saturated rings. The third-order valence-electron chi connectivity index (χ3n) is 5.62. The van der Waals surface area contributed by atoms with Crippen molar-refractivity contribution < 1.29 is 24.1 Å². The van der Waals surface area contributed by atoms with Crippen LogP contribution < -0.4 is 14.2 Å². The van der Waals surface area contributed by atoms with Gasteiger partial charge in [0.1, 0.15) is 22.2 Å². The zero-order chi connectivity index (χ0) is 26.5. The molecular formula is C28H29N3O5S. The molecule has 0 unspecified atom stereocenters. The summed E-state index contributed by atoms with van der Waals surface area (Å²) in [5.74, 6) is 1.55. The number of aromatic nitrogens is 3. The molecule has 0 aliphatic carbocycles. The van der Waals surface area contributed by atoms with Crippen molar-refractivity contribution in [1.82, 2.24) is 14.8 Å². The van der Waals surface area contributed by atoms with Crippen molar-refractivity contribution in [3.8, 4) is 28.6 Å². The highest BCUT2D eigenvalue weighted by Gasteiger charge is 2.20. The molecule has 37 heavy (non-hydrogen) atoms. The van der Waals surface area contributed by atoms with E-state index in [-0.39, 0.29) is 11.0 Å².